The number of anilines is 1. The van der Waals surface area contributed by atoms with E-state index in [0.29, 0.717) is 13.1 Å². The third kappa shape index (κ3) is 4.09. The topological polar surface area (TPSA) is 83.4 Å². The summed E-state index contributed by atoms with van der Waals surface area (Å²) in [7, 11) is -3.29. The van der Waals surface area contributed by atoms with Crippen molar-refractivity contribution in [1.82, 2.24) is 14.2 Å². The molecule has 2 aromatic carbocycles. The van der Waals surface area contributed by atoms with E-state index in [1.54, 1.807) is 4.90 Å². The van der Waals surface area contributed by atoms with E-state index in [1.807, 2.05) is 30.3 Å². The van der Waals surface area contributed by atoms with Gasteiger partial charge in [-0.25, -0.2) is 17.9 Å². The van der Waals surface area contributed by atoms with Crippen LogP contribution >= 0.6 is 0 Å². The Bertz CT molecular complexity index is 1170. The van der Waals surface area contributed by atoms with Gasteiger partial charge in [0.25, 0.3) is 0 Å². The third-order valence-corrected chi connectivity index (χ3v) is 6.19. The van der Waals surface area contributed by atoms with Gasteiger partial charge in [0.2, 0.25) is 10.0 Å². The van der Waals surface area contributed by atoms with E-state index in [4.69, 9.17) is 0 Å². The van der Waals surface area contributed by atoms with Crippen LogP contribution in [0.15, 0.2) is 42.5 Å². The number of urea groups is 1. The zero-order valence-electron chi connectivity index (χ0n) is 16.7. The van der Waals surface area contributed by atoms with Gasteiger partial charge in [-0.05, 0) is 44.0 Å². The number of sulfonamides is 1. The molecule has 8 heteroatoms. The van der Waals surface area contributed by atoms with Gasteiger partial charge in [0.1, 0.15) is 0 Å². The second-order valence-corrected chi connectivity index (χ2v) is 9.38. The Morgan fingerprint density at radius 3 is 2.66 bits per heavy atom. The van der Waals surface area contributed by atoms with E-state index in [2.05, 4.69) is 33.7 Å². The Hall–Kier alpha value is -2.58. The highest BCUT2D eigenvalue weighted by atomic mass is 32.2. The summed E-state index contributed by atoms with van der Waals surface area (Å²) in [5, 5.41) is 5.25. The number of piperidine rings is 1. The van der Waals surface area contributed by atoms with Gasteiger partial charge in [-0.1, -0.05) is 18.2 Å². The van der Waals surface area contributed by atoms with Crippen molar-refractivity contribution >= 4 is 43.5 Å². The Balaban J connectivity index is 1.56. The molecule has 1 fully saturated rings. The number of fused-ring (bicyclic) bond motifs is 3. The number of hydrogen-bond acceptors (Lipinski definition) is 3. The highest BCUT2D eigenvalue weighted by molar-refractivity contribution is 7.88. The number of carbonyl (C=O) groups is 1. The molecule has 7 nitrogen and oxygen atoms in total. The molecule has 0 aliphatic carbocycles. The highest BCUT2D eigenvalue weighted by Gasteiger charge is 2.25. The van der Waals surface area contributed by atoms with Gasteiger partial charge in [0.05, 0.1) is 6.26 Å². The summed E-state index contributed by atoms with van der Waals surface area (Å²) < 4.78 is 27.9. The summed E-state index contributed by atoms with van der Waals surface area (Å²) >= 11 is 0. The van der Waals surface area contributed by atoms with Crippen LogP contribution < -0.4 is 10.0 Å². The minimum absolute atomic E-state index is 0.205. The summed E-state index contributed by atoms with van der Waals surface area (Å²) in [6.45, 7) is 3.98. The Morgan fingerprint density at radius 2 is 1.90 bits per heavy atom. The van der Waals surface area contributed by atoms with Crippen molar-refractivity contribution in [3.63, 3.8) is 0 Å². The average molecular weight is 415 g/mol. The lowest BCUT2D eigenvalue weighted by Crippen LogP contribution is -2.50. The molecule has 0 saturated carbocycles. The van der Waals surface area contributed by atoms with E-state index < -0.39 is 10.0 Å². The van der Waals surface area contributed by atoms with Crippen LogP contribution in [-0.2, 0) is 16.6 Å². The number of nitrogens with one attached hydrogen (secondary N) is 2. The predicted octanol–water partition coefficient (Wildman–Crippen LogP) is 3.36. The number of likely N-dealkylation sites (tertiary alicyclic amines) is 1. The van der Waals surface area contributed by atoms with E-state index in [-0.39, 0.29) is 12.1 Å². The third-order valence-electron chi connectivity index (χ3n) is 5.43. The van der Waals surface area contributed by atoms with Crippen molar-refractivity contribution in [1.29, 1.82) is 0 Å². The molecule has 1 aliphatic rings. The van der Waals surface area contributed by atoms with Crippen molar-refractivity contribution < 1.29 is 13.2 Å². The molecule has 1 aromatic heterocycles. The van der Waals surface area contributed by atoms with E-state index in [0.717, 1.165) is 47.6 Å². The summed E-state index contributed by atoms with van der Waals surface area (Å²) in [6, 6.07) is 13.8. The Morgan fingerprint density at radius 1 is 1.14 bits per heavy atom. The Kier molecular flexibility index (Phi) is 5.23. The smallest absolute Gasteiger partial charge is 0.321 e. The summed E-state index contributed by atoms with van der Waals surface area (Å²) in [5.41, 5.74) is 3.06. The molecule has 0 unspecified atom stereocenters. The standard InChI is InChI=1S/C21H26N4O3S/c1-3-25-19-9-5-4-8-17(19)18-13-15(10-11-20(18)25)22-21(26)24-12-6-7-16(14-24)23-29(2,27)28/h4-5,8-11,13,16,23H,3,6-7,12,14H2,1-2H3,(H,22,26)/t16-/m0/s1. The maximum Gasteiger partial charge on any atom is 0.321 e. The number of para-hydroxylation sites is 1. The summed E-state index contributed by atoms with van der Waals surface area (Å²) in [4.78, 5) is 14.4. The number of carbonyl (C=O) groups excluding carboxylic acids is 1. The van der Waals surface area contributed by atoms with Crippen molar-refractivity contribution in [2.45, 2.75) is 32.4 Å². The zero-order valence-corrected chi connectivity index (χ0v) is 17.5. The maximum absolute atomic E-state index is 12.8. The van der Waals surface area contributed by atoms with Crippen molar-refractivity contribution in [3.05, 3.63) is 42.5 Å². The van der Waals surface area contributed by atoms with E-state index in [1.165, 1.54) is 5.52 Å². The number of hydrogen-bond donors (Lipinski definition) is 2. The quantitative estimate of drug-likeness (QED) is 0.687. The van der Waals surface area contributed by atoms with E-state index in [9.17, 15) is 13.2 Å². The lowest BCUT2D eigenvalue weighted by atomic mass is 10.1. The maximum atomic E-state index is 12.8. The fourth-order valence-corrected chi connectivity index (χ4v) is 5.03. The number of amides is 2. The predicted molar refractivity (Wildman–Crippen MR) is 117 cm³/mol. The van der Waals surface area contributed by atoms with Crippen LogP contribution in [0.25, 0.3) is 21.8 Å². The first kappa shape index (κ1) is 19.7. The molecule has 1 atom stereocenters. The number of rotatable bonds is 4. The van der Waals surface area contributed by atoms with Crippen molar-refractivity contribution in [3.8, 4) is 0 Å². The molecule has 1 saturated heterocycles. The fraction of sp³-hybridized carbons (Fsp3) is 0.381. The molecular formula is C21H26N4O3S. The van der Waals surface area contributed by atoms with Crippen LogP contribution in [0.2, 0.25) is 0 Å². The van der Waals surface area contributed by atoms with Gasteiger partial charge >= 0.3 is 6.03 Å². The monoisotopic (exact) mass is 414 g/mol. The SMILES string of the molecule is CCn1c2ccccc2c2cc(NC(=O)N3CCC[C@H](NS(C)(=O)=O)C3)ccc21. The fourth-order valence-electron chi connectivity index (χ4n) is 4.24. The highest BCUT2D eigenvalue weighted by Crippen LogP contribution is 2.31. The molecule has 4 rings (SSSR count). The zero-order chi connectivity index (χ0) is 20.6. The molecule has 154 valence electrons. The molecule has 2 heterocycles. The largest absolute Gasteiger partial charge is 0.341 e. The number of nitrogens with zero attached hydrogens (tertiary/aromatic N) is 2. The lowest BCUT2D eigenvalue weighted by molar-refractivity contribution is 0.190. The number of aryl methyl sites for hydroxylation is 1. The molecular weight excluding hydrogens is 388 g/mol. The van der Waals surface area contributed by atoms with Gasteiger partial charge in [-0.15, -0.1) is 0 Å². The van der Waals surface area contributed by atoms with Crippen molar-refractivity contribution in [2.75, 3.05) is 24.7 Å². The number of aromatic nitrogens is 1. The van der Waals surface area contributed by atoms with Gasteiger partial charge in [-0.2, -0.15) is 0 Å². The van der Waals surface area contributed by atoms with Gasteiger partial charge in [0.15, 0.2) is 0 Å². The first-order valence-corrected chi connectivity index (χ1v) is 11.8. The molecule has 1 aliphatic heterocycles. The summed E-state index contributed by atoms with van der Waals surface area (Å²) in [5.74, 6) is 0. The van der Waals surface area contributed by atoms with Crippen LogP contribution in [0, 0.1) is 0 Å². The Labute approximate surface area is 170 Å². The van der Waals surface area contributed by atoms with Crippen molar-refractivity contribution in [2.24, 2.45) is 0 Å². The average Bonchev–Trinajstić information content (AvgIpc) is 3.00. The lowest BCUT2D eigenvalue weighted by Gasteiger charge is -2.32. The molecule has 29 heavy (non-hydrogen) atoms. The van der Waals surface area contributed by atoms with E-state index >= 15 is 0 Å². The first-order chi connectivity index (χ1) is 13.9. The van der Waals surface area contributed by atoms with Crippen LogP contribution in [0.4, 0.5) is 10.5 Å². The second-order valence-electron chi connectivity index (χ2n) is 7.60. The number of benzene rings is 2. The normalized spacial score (nSPS) is 17.7. The van der Waals surface area contributed by atoms with Gasteiger partial charge in [0, 0.05) is 53.2 Å². The first-order valence-electron chi connectivity index (χ1n) is 9.90. The molecule has 3 aromatic rings. The molecule has 2 N–H and O–H groups in total. The van der Waals surface area contributed by atoms with Gasteiger partial charge in [-0.3, -0.25) is 0 Å². The van der Waals surface area contributed by atoms with Crippen LogP contribution in [0.1, 0.15) is 19.8 Å². The van der Waals surface area contributed by atoms with Crippen LogP contribution in [0.5, 0.6) is 0 Å². The summed E-state index contributed by atoms with van der Waals surface area (Å²) in [6.07, 6.45) is 2.65. The van der Waals surface area contributed by atoms with Crippen LogP contribution in [0.3, 0.4) is 0 Å². The van der Waals surface area contributed by atoms with Gasteiger partial charge < -0.3 is 14.8 Å². The minimum atomic E-state index is -3.29. The molecule has 0 spiro atoms. The second kappa shape index (κ2) is 7.68. The molecule has 2 amide bonds. The molecule has 0 bridgehead atoms. The van der Waals surface area contributed by atoms with Crippen LogP contribution in [-0.4, -0.2) is 49.3 Å². The minimum Gasteiger partial charge on any atom is -0.341 e. The molecule has 0 radical (unpaired) electrons.